The van der Waals surface area contributed by atoms with Crippen LogP contribution in [0.2, 0.25) is 0 Å². The molecule has 2 heteroatoms. The van der Waals surface area contributed by atoms with E-state index >= 15 is 0 Å². The lowest BCUT2D eigenvalue weighted by molar-refractivity contribution is -0.660. The van der Waals surface area contributed by atoms with E-state index in [0.717, 1.165) is 33.4 Å². The number of benzene rings is 2. The number of fused-ring (bicyclic) bond motifs is 1. The average Bonchev–Trinajstić information content (AvgIpc) is 3.04. The fourth-order valence-corrected chi connectivity index (χ4v) is 3.25. The second-order valence-electron chi connectivity index (χ2n) is 6.56. The van der Waals surface area contributed by atoms with Crippen molar-refractivity contribution in [1.29, 1.82) is 0 Å². The lowest BCUT2D eigenvalue weighted by Gasteiger charge is -2.08. The maximum absolute atomic E-state index is 8.02. The molecule has 0 aliphatic heterocycles. The van der Waals surface area contributed by atoms with Crippen molar-refractivity contribution < 1.29 is 13.1 Å². The van der Waals surface area contributed by atoms with E-state index in [1.807, 2.05) is 67.1 Å². The molecule has 0 spiro atoms. The van der Waals surface area contributed by atoms with Crippen molar-refractivity contribution in [2.75, 3.05) is 0 Å². The molecule has 2 heterocycles. The summed E-state index contributed by atoms with van der Waals surface area (Å²) in [6.07, 6.45) is 1.70. The van der Waals surface area contributed by atoms with Crippen molar-refractivity contribution >= 4 is 11.0 Å². The van der Waals surface area contributed by atoms with Crippen LogP contribution in [0, 0.1) is 20.7 Å². The van der Waals surface area contributed by atoms with Crippen LogP contribution in [0.4, 0.5) is 0 Å². The highest BCUT2D eigenvalue weighted by molar-refractivity contribution is 5.84. The Kier molecular flexibility index (Phi) is 2.94. The minimum atomic E-state index is -2.24. The molecular formula is C23H22NO+. The monoisotopic (exact) mass is 331 g/mol. The minimum Gasteiger partial charge on any atom is -0.456 e. The maximum atomic E-state index is 8.02. The fraction of sp³-hybridized carbons (Fsp3) is 0.174. The maximum Gasteiger partial charge on any atom is 0.213 e. The number of rotatable bonds is 2. The van der Waals surface area contributed by atoms with E-state index in [9.17, 15) is 0 Å². The highest BCUT2D eigenvalue weighted by atomic mass is 16.3. The predicted molar refractivity (Wildman–Crippen MR) is 102 cm³/mol. The minimum absolute atomic E-state index is 0.281. The van der Waals surface area contributed by atoms with Gasteiger partial charge in [-0.25, -0.2) is 4.57 Å². The number of hydrogen-bond donors (Lipinski definition) is 0. The van der Waals surface area contributed by atoms with Crippen LogP contribution in [-0.4, -0.2) is 0 Å². The quantitative estimate of drug-likeness (QED) is 0.442. The highest BCUT2D eigenvalue weighted by Crippen LogP contribution is 2.32. The second kappa shape index (κ2) is 5.89. The van der Waals surface area contributed by atoms with Crippen molar-refractivity contribution in [1.82, 2.24) is 0 Å². The summed E-state index contributed by atoms with van der Waals surface area (Å²) < 4.78 is 32.0. The zero-order chi connectivity index (χ0) is 20.1. The summed E-state index contributed by atoms with van der Waals surface area (Å²) in [6.45, 7) is 1.82. The molecule has 4 aromatic rings. The van der Waals surface area contributed by atoms with Crippen molar-refractivity contribution in [3.8, 4) is 22.6 Å². The molecule has 4 rings (SSSR count). The Bertz CT molecular complexity index is 1190. The van der Waals surface area contributed by atoms with Crippen LogP contribution in [-0.2, 0) is 7.05 Å². The van der Waals surface area contributed by atoms with Gasteiger partial charge in [0.15, 0.2) is 6.20 Å². The molecule has 0 amide bonds. The largest absolute Gasteiger partial charge is 0.456 e. The zero-order valence-electron chi connectivity index (χ0n) is 17.6. The molecule has 0 saturated carbocycles. The number of pyridine rings is 1. The van der Waals surface area contributed by atoms with Gasteiger partial charge in [0.05, 0.1) is 0 Å². The van der Waals surface area contributed by atoms with Gasteiger partial charge in [0.1, 0.15) is 18.4 Å². The smallest absolute Gasteiger partial charge is 0.213 e. The average molecular weight is 331 g/mol. The first-order valence-corrected chi connectivity index (χ1v) is 8.35. The molecule has 25 heavy (non-hydrogen) atoms. The second-order valence-corrected chi connectivity index (χ2v) is 6.56. The lowest BCUT2D eigenvalue weighted by atomic mass is 10.0. The van der Waals surface area contributed by atoms with Crippen LogP contribution in [0.25, 0.3) is 33.6 Å². The van der Waals surface area contributed by atoms with E-state index < -0.39 is 6.85 Å². The summed E-state index contributed by atoms with van der Waals surface area (Å²) >= 11 is 0. The number of aryl methyl sites for hydroxylation is 4. The molecule has 0 fully saturated rings. The third-order valence-corrected chi connectivity index (χ3v) is 4.64. The molecule has 2 nitrogen and oxygen atoms in total. The van der Waals surface area contributed by atoms with E-state index in [0.29, 0.717) is 11.3 Å². The van der Waals surface area contributed by atoms with Gasteiger partial charge in [-0.15, -0.1) is 0 Å². The molecule has 0 atom stereocenters. The Labute approximate surface area is 152 Å². The van der Waals surface area contributed by atoms with Gasteiger partial charge < -0.3 is 4.42 Å². The van der Waals surface area contributed by atoms with Gasteiger partial charge in [-0.1, -0.05) is 30.3 Å². The predicted octanol–water partition coefficient (Wildman–Crippen LogP) is 5.52. The van der Waals surface area contributed by atoms with Gasteiger partial charge in [-0.3, -0.25) is 0 Å². The third kappa shape index (κ3) is 2.74. The summed E-state index contributed by atoms with van der Waals surface area (Å²) in [7, 11) is 1.88. The molecule has 124 valence electrons. The molecule has 0 radical (unpaired) electrons. The number of furan rings is 1. The summed E-state index contributed by atoms with van der Waals surface area (Å²) in [5.41, 5.74) is 5.88. The third-order valence-electron chi connectivity index (χ3n) is 4.64. The van der Waals surface area contributed by atoms with Crippen LogP contribution >= 0.6 is 0 Å². The molecule has 2 aromatic heterocycles. The molecule has 0 aliphatic rings. The molecule has 0 aliphatic carbocycles. The molecule has 0 bridgehead atoms. The first-order chi connectivity index (χ1) is 13.2. The molecule has 0 N–H and O–H groups in total. The van der Waals surface area contributed by atoms with Crippen LogP contribution in [0.15, 0.2) is 65.2 Å². The van der Waals surface area contributed by atoms with E-state index in [1.54, 1.807) is 6.20 Å². The fourth-order valence-electron chi connectivity index (χ4n) is 3.25. The van der Waals surface area contributed by atoms with Crippen molar-refractivity contribution in [2.24, 2.45) is 7.05 Å². The Morgan fingerprint density at radius 3 is 2.56 bits per heavy atom. The summed E-state index contributed by atoms with van der Waals surface area (Å²) in [4.78, 5) is 0. The van der Waals surface area contributed by atoms with Crippen LogP contribution in [0.5, 0.6) is 0 Å². The zero-order valence-corrected chi connectivity index (χ0v) is 14.6. The van der Waals surface area contributed by atoms with Crippen molar-refractivity contribution in [3.63, 3.8) is 0 Å². The Morgan fingerprint density at radius 2 is 1.76 bits per heavy atom. The summed E-state index contributed by atoms with van der Waals surface area (Å²) in [5.74, 6) is 0.571. The molecule has 2 aromatic carbocycles. The molecule has 0 saturated heterocycles. The Balaban J connectivity index is 2.00. The SMILES string of the molecule is [2H]C([2H])([2H])c1c[n+](C)c(-c2ccccc2C)cc1-c1cc2ccc(C)cc2o1. The summed E-state index contributed by atoms with van der Waals surface area (Å²) in [5, 5.41) is 0.961. The van der Waals surface area contributed by atoms with Crippen molar-refractivity contribution in [2.45, 2.75) is 20.7 Å². The van der Waals surface area contributed by atoms with E-state index in [4.69, 9.17) is 8.53 Å². The first-order valence-electron chi connectivity index (χ1n) is 9.85. The van der Waals surface area contributed by atoms with E-state index in [2.05, 4.69) is 13.0 Å². The lowest BCUT2D eigenvalue weighted by Crippen LogP contribution is -2.31. The Hall–Kier alpha value is -2.87. The topological polar surface area (TPSA) is 17.0 Å². The number of hydrogen-bond acceptors (Lipinski definition) is 1. The molecule has 0 unspecified atom stereocenters. The van der Waals surface area contributed by atoms with Gasteiger partial charge in [0.25, 0.3) is 0 Å². The van der Waals surface area contributed by atoms with Crippen LogP contribution < -0.4 is 4.57 Å². The van der Waals surface area contributed by atoms with Gasteiger partial charge in [-0.2, -0.15) is 0 Å². The number of aromatic nitrogens is 1. The van der Waals surface area contributed by atoms with Crippen LogP contribution in [0.3, 0.4) is 0 Å². The van der Waals surface area contributed by atoms with E-state index in [1.165, 1.54) is 0 Å². The van der Waals surface area contributed by atoms with E-state index in [-0.39, 0.29) is 5.56 Å². The number of nitrogens with zero attached hydrogens (tertiary/aromatic N) is 1. The molecular weight excluding hydrogens is 306 g/mol. The van der Waals surface area contributed by atoms with Gasteiger partial charge in [0, 0.05) is 32.3 Å². The van der Waals surface area contributed by atoms with Gasteiger partial charge in [-0.05, 0) is 50.0 Å². The highest BCUT2D eigenvalue weighted by Gasteiger charge is 2.18. The summed E-state index contributed by atoms with van der Waals surface area (Å²) in [6, 6.07) is 17.9. The standard InChI is InChI=1S/C23H22NO/c1-15-9-10-18-12-23(25-22(18)11-15)20-13-21(24(4)14-17(20)3)19-8-6-5-7-16(19)2/h5-14H,1-4H3/q+1/i3D3. The van der Waals surface area contributed by atoms with Crippen molar-refractivity contribution in [3.05, 3.63) is 77.5 Å². The Morgan fingerprint density at radius 1 is 0.920 bits per heavy atom. The van der Waals surface area contributed by atoms with Gasteiger partial charge in [0.2, 0.25) is 5.69 Å². The first kappa shape index (κ1) is 12.5. The van der Waals surface area contributed by atoms with Gasteiger partial charge >= 0.3 is 0 Å². The normalized spacial score (nSPS) is 13.5. The van der Waals surface area contributed by atoms with Crippen LogP contribution in [0.1, 0.15) is 20.8 Å².